The van der Waals surface area contributed by atoms with Crippen LogP contribution in [0.4, 0.5) is 0 Å². The molecular weight excluding hydrogens is 310 g/mol. The zero-order valence-corrected chi connectivity index (χ0v) is 11.5. The maximum Gasteiger partial charge on any atom is 0.250 e. The Morgan fingerprint density at radius 2 is 2.14 bits per heavy atom. The van der Waals surface area contributed by atoms with Gasteiger partial charge in [-0.25, -0.2) is 13.1 Å². The van der Waals surface area contributed by atoms with Crippen LogP contribution in [0.2, 0.25) is 5.02 Å². The minimum atomic E-state index is -3.41. The summed E-state index contributed by atoms with van der Waals surface area (Å²) < 4.78 is 26.6. The highest BCUT2D eigenvalue weighted by molar-refractivity contribution is 9.11. The second kappa shape index (κ2) is 4.49. The second-order valence-corrected chi connectivity index (χ2v) is 7.68. The molecule has 0 radical (unpaired) electrons. The van der Waals surface area contributed by atoms with Crippen LogP contribution in [0.5, 0.6) is 0 Å². The summed E-state index contributed by atoms with van der Waals surface area (Å²) in [7, 11) is -3.41. The topological polar surface area (TPSA) is 46.2 Å². The number of rotatable bonds is 3. The van der Waals surface area contributed by atoms with Crippen molar-refractivity contribution in [3.05, 3.63) is 14.9 Å². The predicted molar refractivity (Wildman–Crippen MR) is 62.5 cm³/mol. The van der Waals surface area contributed by atoms with Gasteiger partial charge in [0.05, 0.1) is 8.81 Å². The molecule has 3 nitrogen and oxygen atoms in total. The Morgan fingerprint density at radius 3 is 2.50 bits per heavy atom. The number of halogens is 2. The van der Waals surface area contributed by atoms with Crippen molar-refractivity contribution in [1.82, 2.24) is 4.72 Å². The van der Waals surface area contributed by atoms with Crippen LogP contribution in [0.15, 0.2) is 14.1 Å². The second-order valence-electron chi connectivity index (χ2n) is 2.96. The summed E-state index contributed by atoms with van der Waals surface area (Å²) in [6.45, 7) is 3.53. The molecular formula is C7H9BrClNO2S2. The van der Waals surface area contributed by atoms with Gasteiger partial charge in [-0.05, 0) is 35.8 Å². The van der Waals surface area contributed by atoms with Gasteiger partial charge in [0.2, 0.25) is 10.0 Å². The quantitative estimate of drug-likeness (QED) is 0.931. The minimum absolute atomic E-state index is 0.125. The van der Waals surface area contributed by atoms with Crippen LogP contribution >= 0.6 is 38.9 Å². The van der Waals surface area contributed by atoms with E-state index in [2.05, 4.69) is 20.7 Å². The zero-order valence-electron chi connectivity index (χ0n) is 7.54. The maximum absolute atomic E-state index is 11.6. The van der Waals surface area contributed by atoms with E-state index in [-0.39, 0.29) is 10.3 Å². The van der Waals surface area contributed by atoms with Gasteiger partial charge >= 0.3 is 0 Å². The predicted octanol–water partition coefficient (Wildman–Crippen LogP) is 2.85. The molecule has 0 spiro atoms. The summed E-state index contributed by atoms with van der Waals surface area (Å²) in [5.41, 5.74) is 0. The van der Waals surface area contributed by atoms with E-state index in [1.54, 1.807) is 13.8 Å². The van der Waals surface area contributed by atoms with E-state index in [0.29, 0.717) is 8.81 Å². The van der Waals surface area contributed by atoms with Crippen LogP contribution in [-0.4, -0.2) is 14.5 Å². The monoisotopic (exact) mass is 317 g/mol. The van der Waals surface area contributed by atoms with Crippen molar-refractivity contribution >= 4 is 48.9 Å². The van der Waals surface area contributed by atoms with Crippen LogP contribution < -0.4 is 4.72 Å². The molecule has 0 aliphatic rings. The molecule has 0 saturated carbocycles. The lowest BCUT2D eigenvalue weighted by Crippen LogP contribution is -2.29. The van der Waals surface area contributed by atoms with E-state index in [1.165, 1.54) is 6.07 Å². The third-order valence-electron chi connectivity index (χ3n) is 1.28. The lowest BCUT2D eigenvalue weighted by atomic mass is 10.4. The molecule has 80 valence electrons. The first-order chi connectivity index (χ1) is 6.33. The summed E-state index contributed by atoms with van der Waals surface area (Å²) in [6.07, 6.45) is 0. The van der Waals surface area contributed by atoms with Gasteiger partial charge in [0.25, 0.3) is 0 Å². The standard InChI is InChI=1S/C7H9BrClNO2S2/c1-4(2)10-14(11,12)6-3-5(9)7(8)13-6/h3-4,10H,1-2H3. The molecule has 0 atom stereocenters. The Labute approximate surface area is 101 Å². The highest BCUT2D eigenvalue weighted by atomic mass is 79.9. The SMILES string of the molecule is CC(C)NS(=O)(=O)c1cc(Cl)c(Br)s1. The molecule has 1 heterocycles. The van der Waals surface area contributed by atoms with Crippen molar-refractivity contribution < 1.29 is 8.42 Å². The fourth-order valence-electron chi connectivity index (χ4n) is 0.828. The number of thiophene rings is 1. The first-order valence-electron chi connectivity index (χ1n) is 3.80. The normalized spacial score (nSPS) is 12.4. The largest absolute Gasteiger partial charge is 0.250 e. The summed E-state index contributed by atoms with van der Waals surface area (Å²) in [6, 6.07) is 1.31. The van der Waals surface area contributed by atoms with Gasteiger partial charge in [-0.1, -0.05) is 11.6 Å². The lowest BCUT2D eigenvalue weighted by molar-refractivity contribution is 0.572. The van der Waals surface area contributed by atoms with Crippen LogP contribution in [0.25, 0.3) is 0 Å². The number of sulfonamides is 1. The molecule has 0 fully saturated rings. The molecule has 0 saturated heterocycles. The first-order valence-corrected chi connectivity index (χ1v) is 7.27. The maximum atomic E-state index is 11.6. The van der Waals surface area contributed by atoms with Crippen molar-refractivity contribution in [3.8, 4) is 0 Å². The van der Waals surface area contributed by atoms with Gasteiger partial charge in [-0.2, -0.15) is 0 Å². The zero-order chi connectivity index (χ0) is 10.9. The number of hydrogen-bond donors (Lipinski definition) is 1. The Bertz CT molecular complexity index is 407. The molecule has 7 heteroatoms. The molecule has 1 rings (SSSR count). The van der Waals surface area contributed by atoms with Crippen molar-refractivity contribution in [2.75, 3.05) is 0 Å². The fraction of sp³-hybridized carbons (Fsp3) is 0.429. The lowest BCUT2D eigenvalue weighted by Gasteiger charge is -2.06. The molecule has 1 aromatic rings. The Kier molecular flexibility index (Phi) is 3.99. The van der Waals surface area contributed by atoms with Crippen molar-refractivity contribution in [2.24, 2.45) is 0 Å². The van der Waals surface area contributed by atoms with E-state index in [1.807, 2.05) is 0 Å². The average Bonchev–Trinajstić information content (AvgIpc) is 2.30. The van der Waals surface area contributed by atoms with Crippen LogP contribution in [0.1, 0.15) is 13.8 Å². The molecule has 0 unspecified atom stereocenters. The molecule has 0 aliphatic carbocycles. The Hall–Kier alpha value is 0.380. The number of hydrogen-bond acceptors (Lipinski definition) is 3. The van der Waals surface area contributed by atoms with Crippen molar-refractivity contribution in [2.45, 2.75) is 24.1 Å². The summed E-state index contributed by atoms with van der Waals surface area (Å²) in [5, 5.41) is 0.416. The molecule has 14 heavy (non-hydrogen) atoms. The van der Waals surface area contributed by atoms with E-state index in [9.17, 15) is 8.42 Å². The third-order valence-corrected chi connectivity index (χ3v) is 5.89. The molecule has 0 aromatic carbocycles. The van der Waals surface area contributed by atoms with Gasteiger partial charge in [0.15, 0.2) is 0 Å². The molecule has 0 bridgehead atoms. The molecule has 0 amide bonds. The first kappa shape index (κ1) is 12.4. The van der Waals surface area contributed by atoms with Gasteiger partial charge in [0.1, 0.15) is 4.21 Å². The van der Waals surface area contributed by atoms with Gasteiger partial charge in [-0.15, -0.1) is 11.3 Å². The average molecular weight is 319 g/mol. The van der Waals surface area contributed by atoms with Gasteiger partial charge < -0.3 is 0 Å². The van der Waals surface area contributed by atoms with E-state index in [0.717, 1.165) is 11.3 Å². The minimum Gasteiger partial charge on any atom is -0.208 e. The number of nitrogens with one attached hydrogen (secondary N) is 1. The van der Waals surface area contributed by atoms with E-state index >= 15 is 0 Å². The van der Waals surface area contributed by atoms with Crippen molar-refractivity contribution in [3.63, 3.8) is 0 Å². The molecule has 1 N–H and O–H groups in total. The van der Waals surface area contributed by atoms with Crippen LogP contribution in [0, 0.1) is 0 Å². The molecule has 1 aromatic heterocycles. The summed E-state index contributed by atoms with van der Waals surface area (Å²) >= 11 is 10.0. The third kappa shape index (κ3) is 2.93. The van der Waals surface area contributed by atoms with Crippen LogP contribution in [0.3, 0.4) is 0 Å². The van der Waals surface area contributed by atoms with E-state index in [4.69, 9.17) is 11.6 Å². The Morgan fingerprint density at radius 1 is 1.57 bits per heavy atom. The van der Waals surface area contributed by atoms with Gasteiger partial charge in [0, 0.05) is 6.04 Å². The highest BCUT2D eigenvalue weighted by Gasteiger charge is 2.19. The van der Waals surface area contributed by atoms with Crippen LogP contribution in [-0.2, 0) is 10.0 Å². The van der Waals surface area contributed by atoms with Gasteiger partial charge in [-0.3, -0.25) is 0 Å². The fourth-order valence-corrected chi connectivity index (χ4v) is 4.49. The van der Waals surface area contributed by atoms with Crippen molar-refractivity contribution in [1.29, 1.82) is 0 Å². The Balaban J connectivity index is 3.05. The summed E-state index contributed by atoms with van der Waals surface area (Å²) in [4.78, 5) is 0. The molecule has 0 aliphatic heterocycles. The van der Waals surface area contributed by atoms with E-state index < -0.39 is 10.0 Å². The highest BCUT2D eigenvalue weighted by Crippen LogP contribution is 2.34. The smallest absolute Gasteiger partial charge is 0.208 e. The summed E-state index contributed by atoms with van der Waals surface area (Å²) in [5.74, 6) is 0.